The van der Waals surface area contributed by atoms with Crippen LogP contribution in [0.5, 0.6) is 0 Å². The summed E-state index contributed by atoms with van der Waals surface area (Å²) in [5.41, 5.74) is 19.9. The predicted molar refractivity (Wildman–Crippen MR) is 293 cm³/mol. The van der Waals surface area contributed by atoms with Crippen LogP contribution in [0.25, 0.3) is 148 Å². The van der Waals surface area contributed by atoms with Crippen LogP contribution in [0.2, 0.25) is 0 Å². The molecule has 16 aromatic rings. The maximum absolute atomic E-state index is 6.19. The highest BCUT2D eigenvalue weighted by molar-refractivity contribution is 6.24. The van der Waals surface area contributed by atoms with Crippen molar-refractivity contribution in [2.75, 3.05) is 0 Å². The molecule has 0 saturated heterocycles. The molecule has 0 bridgehead atoms. The Morgan fingerprint density at radius 2 is 0.614 bits per heavy atom. The molecule has 5 aromatic heterocycles. The number of para-hydroxylation sites is 5. The number of furan rings is 1. The van der Waals surface area contributed by atoms with E-state index in [9.17, 15) is 0 Å². The maximum Gasteiger partial charge on any atom is 0.135 e. The molecule has 0 N–H and O–H groups in total. The summed E-state index contributed by atoms with van der Waals surface area (Å²) in [6.07, 6.45) is 0. The van der Waals surface area contributed by atoms with Crippen molar-refractivity contribution in [2.24, 2.45) is 0 Å². The van der Waals surface area contributed by atoms with E-state index < -0.39 is 0 Å². The average Bonchev–Trinajstić information content (AvgIpc) is 4.23. The summed E-state index contributed by atoms with van der Waals surface area (Å²) in [6.45, 7) is 0. The molecule has 0 aliphatic rings. The summed E-state index contributed by atoms with van der Waals surface area (Å²) in [4.78, 5) is 0. The van der Waals surface area contributed by atoms with Crippen LogP contribution in [-0.2, 0) is 0 Å². The Hall–Kier alpha value is -9.38. The lowest BCUT2D eigenvalue weighted by atomic mass is 9.98. The molecule has 0 aliphatic heterocycles. The van der Waals surface area contributed by atoms with Crippen molar-refractivity contribution in [1.82, 2.24) is 13.5 Å². The van der Waals surface area contributed by atoms with E-state index in [-0.39, 0.29) is 0 Å². The van der Waals surface area contributed by atoms with Gasteiger partial charge in [-0.3, -0.25) is 0 Å². The van der Waals surface area contributed by atoms with E-state index in [1.807, 2.05) is 12.1 Å². The molecule has 11 aromatic carbocycles. The van der Waals surface area contributed by atoms with E-state index in [1.54, 1.807) is 0 Å². The van der Waals surface area contributed by atoms with Crippen LogP contribution in [0, 0.1) is 0 Å². The molecule has 16 rings (SSSR count). The molecule has 0 saturated carbocycles. The highest BCUT2D eigenvalue weighted by atomic mass is 16.3. The second-order valence-corrected chi connectivity index (χ2v) is 18.9. The van der Waals surface area contributed by atoms with Gasteiger partial charge in [-0.05, 0) is 130 Å². The fourth-order valence-corrected chi connectivity index (χ4v) is 12.0. The first-order valence-corrected chi connectivity index (χ1v) is 24.1. The topological polar surface area (TPSA) is 27.4 Å². The van der Waals surface area contributed by atoms with Gasteiger partial charge in [0, 0.05) is 65.2 Å². The highest BCUT2D eigenvalue weighted by Gasteiger charge is 2.20. The van der Waals surface area contributed by atoms with Gasteiger partial charge < -0.3 is 18.0 Å². The van der Waals surface area contributed by atoms with Crippen molar-refractivity contribution in [2.45, 2.75) is 0 Å². The minimum atomic E-state index is 0.903. The fraction of sp³-hybridized carbons (Fsp3) is 0. The van der Waals surface area contributed by atoms with E-state index in [1.165, 1.54) is 115 Å². The van der Waals surface area contributed by atoms with Gasteiger partial charge in [0.25, 0.3) is 0 Å². The second-order valence-electron chi connectivity index (χ2n) is 18.9. The van der Waals surface area contributed by atoms with Gasteiger partial charge in [-0.1, -0.05) is 140 Å². The fourth-order valence-electron chi connectivity index (χ4n) is 12.0. The van der Waals surface area contributed by atoms with E-state index in [4.69, 9.17) is 4.42 Å². The second kappa shape index (κ2) is 14.1. The average molecular weight is 890 g/mol. The predicted octanol–water partition coefficient (Wildman–Crippen LogP) is 17.9. The summed E-state index contributed by atoms with van der Waals surface area (Å²) >= 11 is 0. The molecule has 70 heavy (non-hydrogen) atoms. The number of fused-ring (bicyclic) bond motifs is 15. The van der Waals surface area contributed by atoms with Gasteiger partial charge in [-0.2, -0.15) is 0 Å². The van der Waals surface area contributed by atoms with Gasteiger partial charge >= 0.3 is 0 Å². The molecular formula is C66H39N3O. The van der Waals surface area contributed by atoms with Crippen LogP contribution in [0.3, 0.4) is 0 Å². The van der Waals surface area contributed by atoms with Gasteiger partial charge in [0.05, 0.1) is 38.6 Å². The molecule has 0 amide bonds. The number of nitrogens with zero attached hydrogens (tertiary/aromatic N) is 3. The molecule has 0 fully saturated rings. The number of rotatable bonds is 5. The minimum Gasteiger partial charge on any atom is -0.456 e. The van der Waals surface area contributed by atoms with Crippen molar-refractivity contribution >= 4 is 104 Å². The summed E-state index contributed by atoms with van der Waals surface area (Å²) in [7, 11) is 0. The zero-order valence-electron chi connectivity index (χ0n) is 37.8. The van der Waals surface area contributed by atoms with Crippen molar-refractivity contribution in [3.63, 3.8) is 0 Å². The lowest BCUT2D eigenvalue weighted by molar-refractivity contribution is 0.669. The van der Waals surface area contributed by atoms with Crippen molar-refractivity contribution in [3.8, 4) is 44.8 Å². The van der Waals surface area contributed by atoms with E-state index in [0.717, 1.165) is 33.3 Å². The summed E-state index contributed by atoms with van der Waals surface area (Å²) in [5.74, 6) is 0. The summed E-state index contributed by atoms with van der Waals surface area (Å²) < 4.78 is 13.4. The van der Waals surface area contributed by atoms with Crippen LogP contribution in [-0.4, -0.2) is 13.5 Å². The maximum atomic E-state index is 6.19. The van der Waals surface area contributed by atoms with Crippen LogP contribution in [0.4, 0.5) is 0 Å². The molecule has 0 spiro atoms. The first kappa shape index (κ1) is 37.7. The molecule has 0 unspecified atom stereocenters. The Morgan fingerprint density at radius 1 is 0.229 bits per heavy atom. The molecular weight excluding hydrogens is 851 g/mol. The van der Waals surface area contributed by atoms with Gasteiger partial charge in [-0.15, -0.1) is 0 Å². The van der Waals surface area contributed by atoms with Gasteiger partial charge in [0.15, 0.2) is 0 Å². The zero-order valence-corrected chi connectivity index (χ0v) is 37.8. The molecule has 0 atom stereocenters. The zero-order chi connectivity index (χ0) is 45.6. The van der Waals surface area contributed by atoms with Crippen molar-refractivity contribution in [1.29, 1.82) is 0 Å². The first-order valence-electron chi connectivity index (χ1n) is 24.1. The lowest BCUT2D eigenvalue weighted by Crippen LogP contribution is -1.93. The molecule has 324 valence electrons. The van der Waals surface area contributed by atoms with E-state index in [0.29, 0.717) is 0 Å². The first-order chi connectivity index (χ1) is 34.7. The van der Waals surface area contributed by atoms with Crippen LogP contribution < -0.4 is 0 Å². The molecule has 4 nitrogen and oxygen atoms in total. The quantitative estimate of drug-likeness (QED) is 0.169. The minimum absolute atomic E-state index is 0.903. The summed E-state index contributed by atoms with van der Waals surface area (Å²) in [5, 5.41) is 12.4. The van der Waals surface area contributed by atoms with Gasteiger partial charge in [0.2, 0.25) is 0 Å². The monoisotopic (exact) mass is 889 g/mol. The smallest absolute Gasteiger partial charge is 0.135 e. The van der Waals surface area contributed by atoms with Crippen molar-refractivity contribution < 1.29 is 4.42 Å². The van der Waals surface area contributed by atoms with Crippen LogP contribution in [0.15, 0.2) is 241 Å². The molecule has 4 heteroatoms. The normalized spacial score (nSPS) is 12.3. The van der Waals surface area contributed by atoms with Crippen LogP contribution in [0.1, 0.15) is 0 Å². The number of aromatic nitrogens is 3. The van der Waals surface area contributed by atoms with Gasteiger partial charge in [0.1, 0.15) is 11.2 Å². The molecule has 5 heterocycles. The Balaban J connectivity index is 0.746. The Labute approximate surface area is 401 Å². The van der Waals surface area contributed by atoms with Crippen LogP contribution >= 0.6 is 0 Å². The largest absolute Gasteiger partial charge is 0.456 e. The third kappa shape index (κ3) is 5.25. The van der Waals surface area contributed by atoms with E-state index >= 15 is 0 Å². The van der Waals surface area contributed by atoms with E-state index in [2.05, 4.69) is 238 Å². The Bertz CT molecular complexity index is 4730. The summed E-state index contributed by atoms with van der Waals surface area (Å²) in [6, 6.07) is 86.8. The molecule has 0 radical (unpaired) electrons. The third-order valence-electron chi connectivity index (χ3n) is 15.2. The number of benzene rings is 11. The number of hydrogen-bond acceptors (Lipinski definition) is 1. The lowest BCUT2D eigenvalue weighted by Gasteiger charge is -2.11. The number of hydrogen-bond donors (Lipinski definition) is 0. The highest BCUT2D eigenvalue weighted by Crippen LogP contribution is 2.43. The SMILES string of the molecule is c1ccc2c(c1)oc1ccc(-n3c4ccccc4c4cc(-c5ccc(-c6ccc7c(c6)c6ccccc6n7-c6ccc(-c7cc8c9ccccc9n9c%10ccccc%10c(c7)c89)cc6)cc5)ccc43)cc12. The van der Waals surface area contributed by atoms with Crippen molar-refractivity contribution in [3.05, 3.63) is 237 Å². The Morgan fingerprint density at radius 3 is 1.19 bits per heavy atom. The third-order valence-corrected chi connectivity index (χ3v) is 15.2. The molecule has 0 aliphatic carbocycles. The van der Waals surface area contributed by atoms with Gasteiger partial charge in [-0.25, -0.2) is 0 Å². The Kier molecular flexibility index (Phi) is 7.58. The standard InChI is InChI=1S/C66H39N3O/c1-6-16-58-48(11-1)53-35-43(27-32-62(53)67(58)46-29-25-42(26-30-46)45-37-56-50-13-3-8-18-60(50)69-61-19-9-4-14-51(61)57(38-45)66(56)69)40-21-23-41(24-22-40)44-28-33-63-54(36-44)49-12-2-7-17-59(49)68(63)47-31-34-65-55(39-47)52-15-5-10-20-64(52)70-65/h1-39H.